The van der Waals surface area contributed by atoms with Gasteiger partial charge in [0.1, 0.15) is 12.1 Å². The van der Waals surface area contributed by atoms with Gasteiger partial charge in [-0.2, -0.15) is 23.7 Å². The molecule has 0 spiro atoms. The highest BCUT2D eigenvalue weighted by Gasteiger charge is 2.42. The summed E-state index contributed by atoms with van der Waals surface area (Å²) >= 11 is 0. The molecule has 3 rings (SSSR count). The Morgan fingerprint density at radius 1 is 1.23 bits per heavy atom. The third-order valence-electron chi connectivity index (χ3n) is 5.53. The first kappa shape index (κ1) is 25.2. The van der Waals surface area contributed by atoms with Crippen LogP contribution in [0.3, 0.4) is 0 Å². The third kappa shape index (κ3) is 4.53. The Balaban J connectivity index is 2.30. The molecule has 35 heavy (non-hydrogen) atoms. The molecule has 2 aromatic rings. The number of hydrogen-bond acceptors (Lipinski definition) is 6. The summed E-state index contributed by atoms with van der Waals surface area (Å²) < 4.78 is 39.9. The number of primary amides is 1. The van der Waals surface area contributed by atoms with Gasteiger partial charge in [0.05, 0.1) is 35.4 Å². The number of guanidine groups is 1. The number of aliphatic hydroxyl groups excluding tert-OH is 2. The predicted molar refractivity (Wildman–Crippen MR) is 117 cm³/mol. The van der Waals surface area contributed by atoms with Gasteiger partial charge in [-0.3, -0.25) is 15.2 Å². The van der Waals surface area contributed by atoms with Gasteiger partial charge in [-0.1, -0.05) is 12.1 Å². The molecular formula is C23H19F3N6O3. The number of nitriles is 2. The normalized spacial score (nSPS) is 17.1. The summed E-state index contributed by atoms with van der Waals surface area (Å²) in [4.78, 5) is 14.2. The van der Waals surface area contributed by atoms with E-state index < -0.39 is 42.5 Å². The van der Waals surface area contributed by atoms with Crippen molar-refractivity contribution in [1.29, 1.82) is 15.9 Å². The number of carbonyl (C=O) groups excluding carboxylic acids is 1. The molecule has 0 saturated heterocycles. The minimum Gasteiger partial charge on any atom is -0.393 e. The van der Waals surface area contributed by atoms with Gasteiger partial charge in [-0.15, -0.1) is 0 Å². The molecule has 180 valence electrons. The van der Waals surface area contributed by atoms with Crippen molar-refractivity contribution in [2.45, 2.75) is 25.2 Å². The van der Waals surface area contributed by atoms with E-state index in [-0.39, 0.29) is 33.6 Å². The number of allylic oxidation sites excluding steroid dienone is 1. The Morgan fingerprint density at radius 2 is 1.91 bits per heavy atom. The van der Waals surface area contributed by atoms with E-state index in [0.717, 1.165) is 23.1 Å². The Morgan fingerprint density at radius 3 is 2.46 bits per heavy atom. The lowest BCUT2D eigenvalue weighted by atomic mass is 9.88. The number of nitrogens with zero attached hydrogens (tertiary/aromatic N) is 4. The van der Waals surface area contributed by atoms with Crippen molar-refractivity contribution in [2.24, 2.45) is 5.73 Å². The highest BCUT2D eigenvalue weighted by Crippen LogP contribution is 2.42. The molecule has 0 saturated carbocycles. The van der Waals surface area contributed by atoms with Crippen LogP contribution in [0, 0.1) is 28.1 Å². The van der Waals surface area contributed by atoms with Crippen LogP contribution in [-0.4, -0.2) is 33.7 Å². The maximum atomic E-state index is 13.3. The fourth-order valence-electron chi connectivity index (χ4n) is 3.92. The first-order valence-electron chi connectivity index (χ1n) is 10.0. The van der Waals surface area contributed by atoms with Crippen LogP contribution in [0.15, 0.2) is 53.7 Å². The average Bonchev–Trinajstić information content (AvgIpc) is 2.82. The number of nitrogens with two attached hydrogens (primary N) is 1. The summed E-state index contributed by atoms with van der Waals surface area (Å²) in [6, 6.07) is 9.27. The number of urea groups is 1. The SMILES string of the molecule is CC1=C(C#N)[C@@H](c2ccc(C#N)cc2C(O)CO)N(C(N)=O)C(=N)N1c1cccc(C(F)(F)F)c1. The van der Waals surface area contributed by atoms with E-state index in [1.807, 2.05) is 12.1 Å². The number of hydrogen-bond donors (Lipinski definition) is 4. The molecule has 9 nitrogen and oxygen atoms in total. The van der Waals surface area contributed by atoms with Gasteiger partial charge in [0.15, 0.2) is 0 Å². The molecule has 1 heterocycles. The van der Waals surface area contributed by atoms with Crippen LogP contribution in [0.2, 0.25) is 0 Å². The van der Waals surface area contributed by atoms with Gasteiger partial charge in [0.2, 0.25) is 5.96 Å². The Hall–Kier alpha value is -4.39. The summed E-state index contributed by atoms with van der Waals surface area (Å²) in [5, 5.41) is 47.7. The smallest absolute Gasteiger partial charge is 0.393 e. The molecule has 0 fully saturated rings. The Labute approximate surface area is 197 Å². The number of benzene rings is 2. The van der Waals surface area contributed by atoms with E-state index >= 15 is 0 Å². The zero-order valence-electron chi connectivity index (χ0n) is 18.2. The molecular weight excluding hydrogens is 465 g/mol. The largest absolute Gasteiger partial charge is 0.416 e. The van der Waals surface area contributed by atoms with E-state index in [2.05, 4.69) is 0 Å². The molecule has 0 bridgehead atoms. The van der Waals surface area contributed by atoms with Gasteiger partial charge < -0.3 is 15.9 Å². The summed E-state index contributed by atoms with van der Waals surface area (Å²) in [6.45, 7) is 0.647. The molecule has 2 atom stereocenters. The second-order valence-electron chi connectivity index (χ2n) is 7.58. The Kier molecular flexibility index (Phi) is 6.82. The zero-order valence-corrected chi connectivity index (χ0v) is 18.2. The predicted octanol–water partition coefficient (Wildman–Crippen LogP) is 3.28. The Bertz CT molecular complexity index is 1310. The number of rotatable bonds is 4. The minimum atomic E-state index is -4.67. The number of alkyl halides is 3. The summed E-state index contributed by atoms with van der Waals surface area (Å²) in [6.07, 6.45) is -6.17. The minimum absolute atomic E-state index is 0.0173. The molecule has 5 N–H and O–H groups in total. The lowest BCUT2D eigenvalue weighted by Crippen LogP contribution is -2.54. The topological polar surface area (TPSA) is 161 Å². The van der Waals surface area contributed by atoms with Crippen molar-refractivity contribution in [2.75, 3.05) is 11.5 Å². The van der Waals surface area contributed by atoms with E-state index in [0.29, 0.717) is 4.90 Å². The van der Waals surface area contributed by atoms with Crippen LogP contribution in [0.4, 0.5) is 23.7 Å². The van der Waals surface area contributed by atoms with Crippen molar-refractivity contribution in [3.63, 3.8) is 0 Å². The van der Waals surface area contributed by atoms with Crippen LogP contribution in [0.1, 0.15) is 41.3 Å². The van der Waals surface area contributed by atoms with Crippen molar-refractivity contribution in [3.8, 4) is 12.1 Å². The maximum Gasteiger partial charge on any atom is 0.416 e. The molecule has 12 heteroatoms. The molecule has 0 aromatic heterocycles. The van der Waals surface area contributed by atoms with Crippen LogP contribution in [0.25, 0.3) is 0 Å². The van der Waals surface area contributed by atoms with Crippen LogP contribution >= 0.6 is 0 Å². The number of aliphatic hydroxyl groups is 2. The van der Waals surface area contributed by atoms with Gasteiger partial charge in [0.25, 0.3) is 0 Å². The fourth-order valence-corrected chi connectivity index (χ4v) is 3.92. The lowest BCUT2D eigenvalue weighted by molar-refractivity contribution is -0.137. The van der Waals surface area contributed by atoms with Crippen molar-refractivity contribution >= 4 is 17.7 Å². The molecule has 1 aliphatic heterocycles. The number of halogens is 3. The van der Waals surface area contributed by atoms with E-state index in [1.54, 1.807) is 0 Å². The lowest BCUT2D eigenvalue weighted by Gasteiger charge is -2.42. The number of nitrogens with one attached hydrogen (secondary N) is 1. The highest BCUT2D eigenvalue weighted by atomic mass is 19.4. The van der Waals surface area contributed by atoms with Crippen molar-refractivity contribution in [1.82, 2.24) is 4.90 Å². The summed E-state index contributed by atoms with van der Waals surface area (Å²) in [5.41, 5.74) is 4.57. The summed E-state index contributed by atoms with van der Waals surface area (Å²) in [5.74, 6) is -0.632. The van der Waals surface area contributed by atoms with Crippen molar-refractivity contribution in [3.05, 3.63) is 76.0 Å². The molecule has 0 aliphatic carbocycles. The first-order valence-corrected chi connectivity index (χ1v) is 10.0. The molecule has 0 radical (unpaired) electrons. The number of anilines is 1. The molecule has 2 aromatic carbocycles. The third-order valence-corrected chi connectivity index (χ3v) is 5.53. The first-order chi connectivity index (χ1) is 16.5. The second kappa shape index (κ2) is 9.46. The fraction of sp³-hybridized carbons (Fsp3) is 0.217. The average molecular weight is 484 g/mol. The number of amides is 2. The van der Waals surface area contributed by atoms with Gasteiger partial charge in [-0.25, -0.2) is 4.79 Å². The van der Waals surface area contributed by atoms with Gasteiger partial charge in [-0.05, 0) is 48.4 Å². The summed E-state index contributed by atoms with van der Waals surface area (Å²) in [7, 11) is 0. The van der Waals surface area contributed by atoms with Crippen LogP contribution in [-0.2, 0) is 6.18 Å². The van der Waals surface area contributed by atoms with E-state index in [4.69, 9.17) is 11.1 Å². The highest BCUT2D eigenvalue weighted by molar-refractivity contribution is 6.07. The van der Waals surface area contributed by atoms with Gasteiger partial charge in [0, 0.05) is 11.4 Å². The van der Waals surface area contributed by atoms with E-state index in [9.17, 15) is 38.7 Å². The number of carbonyl (C=O) groups is 1. The quantitative estimate of drug-likeness (QED) is 0.521. The van der Waals surface area contributed by atoms with E-state index in [1.165, 1.54) is 31.2 Å². The molecule has 2 amide bonds. The zero-order chi connectivity index (χ0) is 26.1. The molecule has 1 aliphatic rings. The monoisotopic (exact) mass is 484 g/mol. The maximum absolute atomic E-state index is 13.3. The molecule has 1 unspecified atom stereocenters. The standard InChI is InChI=1S/C23H19F3N6O3/c1-12-18(10-28)20(16-6-5-13(9-27)7-17(16)19(34)11-33)32(22(30)35)21(29)31(12)15-4-2-3-14(8-15)23(24,25)26/h2-8,19-20,29,33-34H,11H2,1H3,(H2,30,35)/t19?,20-/m1/s1. The van der Waals surface area contributed by atoms with Crippen LogP contribution < -0.4 is 10.6 Å². The van der Waals surface area contributed by atoms with Gasteiger partial charge >= 0.3 is 12.2 Å². The van der Waals surface area contributed by atoms with Crippen LogP contribution in [0.5, 0.6) is 0 Å². The second-order valence-corrected chi connectivity index (χ2v) is 7.58. The van der Waals surface area contributed by atoms with Crippen molar-refractivity contribution < 1.29 is 28.2 Å².